The summed E-state index contributed by atoms with van der Waals surface area (Å²) in [4.78, 5) is 23.2. The van der Waals surface area contributed by atoms with Crippen molar-refractivity contribution >= 4 is 29.2 Å². The van der Waals surface area contributed by atoms with Crippen molar-refractivity contribution in [3.05, 3.63) is 42.0 Å². The minimum atomic E-state index is -0.440. The zero-order valence-corrected chi connectivity index (χ0v) is 13.0. The van der Waals surface area contributed by atoms with Gasteiger partial charge in [-0.1, -0.05) is 19.1 Å². The van der Waals surface area contributed by atoms with Crippen molar-refractivity contribution in [1.82, 2.24) is 10.2 Å². The van der Waals surface area contributed by atoms with E-state index in [1.807, 2.05) is 6.92 Å². The molecule has 0 aliphatic carbocycles. The molecule has 0 aliphatic rings. The van der Waals surface area contributed by atoms with Crippen molar-refractivity contribution in [1.29, 1.82) is 0 Å². The highest BCUT2D eigenvalue weighted by molar-refractivity contribution is 5.96. The van der Waals surface area contributed by atoms with Gasteiger partial charge in [0.15, 0.2) is 11.6 Å². The first-order valence-corrected chi connectivity index (χ1v) is 7.22. The first-order chi connectivity index (χ1) is 11.1. The van der Waals surface area contributed by atoms with E-state index in [9.17, 15) is 9.59 Å². The predicted octanol–water partition coefficient (Wildman–Crippen LogP) is 2.75. The number of hydrogen-bond acceptors (Lipinski definition) is 6. The molecule has 0 aliphatic heterocycles. The SMILES string of the molecule is CCCC(=O)Nc1ccc(Nc2ccccc2C(=O)OC)nn1. The number of nitrogens with one attached hydrogen (secondary N) is 2. The normalized spacial score (nSPS) is 10.0. The first-order valence-electron chi connectivity index (χ1n) is 7.22. The number of hydrogen-bond donors (Lipinski definition) is 2. The lowest BCUT2D eigenvalue weighted by Crippen LogP contribution is -2.12. The fourth-order valence-electron chi connectivity index (χ4n) is 1.92. The third-order valence-corrected chi connectivity index (χ3v) is 3.00. The van der Waals surface area contributed by atoms with Gasteiger partial charge >= 0.3 is 5.97 Å². The Balaban J connectivity index is 2.10. The van der Waals surface area contributed by atoms with Crippen LogP contribution in [0.25, 0.3) is 0 Å². The maximum absolute atomic E-state index is 11.7. The highest BCUT2D eigenvalue weighted by Crippen LogP contribution is 2.20. The number of anilines is 3. The molecule has 2 N–H and O–H groups in total. The fourth-order valence-corrected chi connectivity index (χ4v) is 1.92. The second-order valence-corrected chi connectivity index (χ2v) is 4.76. The molecule has 0 spiro atoms. The van der Waals surface area contributed by atoms with Crippen LogP contribution in [0.2, 0.25) is 0 Å². The molecule has 0 saturated heterocycles. The van der Waals surface area contributed by atoms with Crippen molar-refractivity contribution in [2.75, 3.05) is 17.7 Å². The van der Waals surface area contributed by atoms with E-state index >= 15 is 0 Å². The lowest BCUT2D eigenvalue weighted by molar-refractivity contribution is -0.116. The Morgan fingerprint density at radius 3 is 2.43 bits per heavy atom. The second-order valence-electron chi connectivity index (χ2n) is 4.76. The van der Waals surface area contributed by atoms with Crippen LogP contribution < -0.4 is 10.6 Å². The number of rotatable bonds is 6. The molecular formula is C16H18N4O3. The number of methoxy groups -OCH3 is 1. The molecule has 23 heavy (non-hydrogen) atoms. The number of para-hydroxylation sites is 1. The molecule has 2 rings (SSSR count). The van der Waals surface area contributed by atoms with Crippen molar-refractivity contribution in [3.8, 4) is 0 Å². The predicted molar refractivity (Wildman–Crippen MR) is 86.6 cm³/mol. The molecule has 0 unspecified atom stereocenters. The number of carbonyl (C=O) groups is 2. The van der Waals surface area contributed by atoms with Crippen LogP contribution in [0.1, 0.15) is 30.1 Å². The zero-order chi connectivity index (χ0) is 16.7. The Kier molecular flexibility index (Phi) is 5.62. The molecule has 0 radical (unpaired) electrons. The van der Waals surface area contributed by atoms with E-state index < -0.39 is 5.97 Å². The monoisotopic (exact) mass is 314 g/mol. The summed E-state index contributed by atoms with van der Waals surface area (Å²) in [7, 11) is 1.33. The van der Waals surface area contributed by atoms with Gasteiger partial charge in [0, 0.05) is 6.42 Å². The van der Waals surface area contributed by atoms with Crippen LogP contribution >= 0.6 is 0 Å². The maximum atomic E-state index is 11.7. The maximum Gasteiger partial charge on any atom is 0.339 e. The van der Waals surface area contributed by atoms with E-state index in [4.69, 9.17) is 4.74 Å². The van der Waals surface area contributed by atoms with Gasteiger partial charge in [-0.05, 0) is 30.7 Å². The van der Waals surface area contributed by atoms with Crippen LogP contribution in [0.3, 0.4) is 0 Å². The number of benzene rings is 1. The highest BCUT2D eigenvalue weighted by Gasteiger charge is 2.11. The topological polar surface area (TPSA) is 93.2 Å². The molecule has 7 nitrogen and oxygen atoms in total. The van der Waals surface area contributed by atoms with Gasteiger partial charge in [-0.25, -0.2) is 4.79 Å². The standard InChI is InChI=1S/C16H18N4O3/c1-3-6-15(21)18-14-10-9-13(19-20-14)17-12-8-5-4-7-11(12)16(22)23-2/h4-5,7-10H,3,6H2,1-2H3,(H,17,19)(H,18,20,21). The third-order valence-electron chi connectivity index (χ3n) is 3.00. The van der Waals surface area contributed by atoms with E-state index in [1.165, 1.54) is 7.11 Å². The summed E-state index contributed by atoms with van der Waals surface area (Å²) >= 11 is 0. The molecule has 120 valence electrons. The third kappa shape index (κ3) is 4.50. The molecule has 0 saturated carbocycles. The summed E-state index contributed by atoms with van der Waals surface area (Å²) in [5, 5.41) is 13.6. The molecule has 1 heterocycles. The lowest BCUT2D eigenvalue weighted by atomic mass is 10.2. The van der Waals surface area contributed by atoms with Gasteiger partial charge < -0.3 is 15.4 Å². The van der Waals surface area contributed by atoms with Gasteiger partial charge in [0.05, 0.1) is 18.4 Å². The quantitative estimate of drug-likeness (QED) is 0.796. The van der Waals surface area contributed by atoms with Gasteiger partial charge in [-0.2, -0.15) is 0 Å². The molecule has 1 aromatic heterocycles. The summed E-state index contributed by atoms with van der Waals surface area (Å²) in [6.45, 7) is 1.93. The average Bonchev–Trinajstić information content (AvgIpc) is 2.56. The molecule has 2 aromatic rings. The molecule has 1 amide bonds. The summed E-state index contributed by atoms with van der Waals surface area (Å²) in [5.74, 6) is 0.299. The van der Waals surface area contributed by atoms with E-state index in [0.29, 0.717) is 29.3 Å². The summed E-state index contributed by atoms with van der Waals surface area (Å²) in [6.07, 6.45) is 1.21. The van der Waals surface area contributed by atoms with Crippen LogP contribution in [-0.4, -0.2) is 29.2 Å². The number of aromatic nitrogens is 2. The average molecular weight is 314 g/mol. The Bertz CT molecular complexity index is 686. The Morgan fingerprint density at radius 1 is 1.09 bits per heavy atom. The first kappa shape index (κ1) is 16.4. The number of ether oxygens (including phenoxy) is 1. The van der Waals surface area contributed by atoms with Gasteiger partial charge in [0.25, 0.3) is 0 Å². The van der Waals surface area contributed by atoms with Crippen LogP contribution in [0.4, 0.5) is 17.3 Å². The van der Waals surface area contributed by atoms with Crippen LogP contribution in [0, 0.1) is 0 Å². The molecule has 0 bridgehead atoms. The smallest absolute Gasteiger partial charge is 0.339 e. The second kappa shape index (κ2) is 7.88. The Labute approximate surface area is 134 Å². The van der Waals surface area contributed by atoms with Crippen molar-refractivity contribution in [3.63, 3.8) is 0 Å². The summed E-state index contributed by atoms with van der Waals surface area (Å²) < 4.78 is 4.74. The van der Waals surface area contributed by atoms with Crippen LogP contribution in [0.5, 0.6) is 0 Å². The van der Waals surface area contributed by atoms with E-state index in [-0.39, 0.29) is 5.91 Å². The van der Waals surface area contributed by atoms with Gasteiger partial charge in [0.1, 0.15) is 0 Å². The molecule has 0 atom stereocenters. The van der Waals surface area contributed by atoms with E-state index in [0.717, 1.165) is 6.42 Å². The fraction of sp³-hybridized carbons (Fsp3) is 0.250. The van der Waals surface area contributed by atoms with Crippen molar-refractivity contribution in [2.24, 2.45) is 0 Å². The highest BCUT2D eigenvalue weighted by atomic mass is 16.5. The number of amides is 1. The van der Waals surface area contributed by atoms with Crippen LogP contribution in [-0.2, 0) is 9.53 Å². The van der Waals surface area contributed by atoms with Gasteiger partial charge in [-0.15, -0.1) is 10.2 Å². The summed E-state index contributed by atoms with van der Waals surface area (Å²) in [5.41, 5.74) is 0.966. The summed E-state index contributed by atoms with van der Waals surface area (Å²) in [6, 6.07) is 10.2. The molecule has 0 fully saturated rings. The molecular weight excluding hydrogens is 296 g/mol. The number of nitrogens with zero attached hydrogens (tertiary/aromatic N) is 2. The van der Waals surface area contributed by atoms with Gasteiger partial charge in [0.2, 0.25) is 5.91 Å². The lowest BCUT2D eigenvalue weighted by Gasteiger charge is -2.10. The van der Waals surface area contributed by atoms with Crippen molar-refractivity contribution in [2.45, 2.75) is 19.8 Å². The van der Waals surface area contributed by atoms with Crippen molar-refractivity contribution < 1.29 is 14.3 Å². The molecule has 7 heteroatoms. The van der Waals surface area contributed by atoms with E-state index in [1.54, 1.807) is 36.4 Å². The Morgan fingerprint density at radius 2 is 1.78 bits per heavy atom. The minimum absolute atomic E-state index is 0.0986. The zero-order valence-electron chi connectivity index (χ0n) is 13.0. The number of carbonyl (C=O) groups excluding carboxylic acids is 2. The largest absolute Gasteiger partial charge is 0.465 e. The minimum Gasteiger partial charge on any atom is -0.465 e. The van der Waals surface area contributed by atoms with Gasteiger partial charge in [-0.3, -0.25) is 4.79 Å². The molecule has 1 aromatic carbocycles. The Hall–Kier alpha value is -2.96. The van der Waals surface area contributed by atoms with E-state index in [2.05, 4.69) is 20.8 Å². The number of esters is 1. The van der Waals surface area contributed by atoms with Crippen LogP contribution in [0.15, 0.2) is 36.4 Å².